The number of hydrogen-bond donors (Lipinski definition) is 1. The molecule has 2 rings (SSSR count). The summed E-state index contributed by atoms with van der Waals surface area (Å²) < 4.78 is 5.75. The molecule has 2 aromatic rings. The van der Waals surface area contributed by atoms with Gasteiger partial charge in [0.1, 0.15) is 5.75 Å². The van der Waals surface area contributed by atoms with Gasteiger partial charge in [-0.1, -0.05) is 25.1 Å². The molecule has 1 N–H and O–H groups in total. The molecule has 0 amide bonds. The molecule has 18 heavy (non-hydrogen) atoms. The molecule has 0 bridgehead atoms. The van der Waals surface area contributed by atoms with Gasteiger partial charge in [0.25, 0.3) is 0 Å². The van der Waals surface area contributed by atoms with Crippen molar-refractivity contribution in [1.82, 2.24) is 0 Å². The molecule has 1 aromatic carbocycles. The maximum atomic E-state index is 5.75. The highest BCUT2D eigenvalue weighted by molar-refractivity contribution is 7.10. The van der Waals surface area contributed by atoms with Crippen LogP contribution in [-0.4, -0.2) is 6.61 Å². The Labute approximate surface area is 113 Å². The molecule has 0 aliphatic rings. The van der Waals surface area contributed by atoms with Crippen LogP contribution in [0.2, 0.25) is 0 Å². The fraction of sp³-hybridized carbons (Fsp3) is 0.333. The van der Waals surface area contributed by atoms with Crippen molar-refractivity contribution in [2.75, 3.05) is 11.9 Å². The van der Waals surface area contributed by atoms with Crippen LogP contribution in [0.4, 0.5) is 5.69 Å². The van der Waals surface area contributed by atoms with Crippen molar-refractivity contribution in [2.45, 2.75) is 26.3 Å². The number of anilines is 1. The number of para-hydroxylation sites is 2. The van der Waals surface area contributed by atoms with Crippen molar-refractivity contribution in [1.29, 1.82) is 0 Å². The first-order chi connectivity index (χ1) is 8.81. The lowest BCUT2D eigenvalue weighted by Crippen LogP contribution is -2.07. The van der Waals surface area contributed by atoms with Gasteiger partial charge in [-0.3, -0.25) is 0 Å². The van der Waals surface area contributed by atoms with Gasteiger partial charge >= 0.3 is 0 Å². The van der Waals surface area contributed by atoms with E-state index in [-0.39, 0.29) is 0 Å². The highest BCUT2D eigenvalue weighted by atomic mass is 32.1. The molecule has 1 heterocycles. The Morgan fingerprint density at radius 2 is 2.06 bits per heavy atom. The van der Waals surface area contributed by atoms with Crippen LogP contribution in [0.25, 0.3) is 0 Å². The Morgan fingerprint density at radius 1 is 1.22 bits per heavy atom. The SMILES string of the molecule is CCCOc1ccccc1NC(C)c1cccs1. The summed E-state index contributed by atoms with van der Waals surface area (Å²) in [5.41, 5.74) is 1.06. The summed E-state index contributed by atoms with van der Waals surface area (Å²) >= 11 is 1.77. The summed E-state index contributed by atoms with van der Waals surface area (Å²) in [4.78, 5) is 1.33. The minimum Gasteiger partial charge on any atom is -0.491 e. The van der Waals surface area contributed by atoms with Gasteiger partial charge in [-0.15, -0.1) is 11.3 Å². The van der Waals surface area contributed by atoms with Crippen LogP contribution in [0.1, 0.15) is 31.2 Å². The van der Waals surface area contributed by atoms with E-state index in [9.17, 15) is 0 Å². The third-order valence-corrected chi connectivity index (χ3v) is 3.75. The Balaban J connectivity index is 2.08. The molecule has 1 atom stereocenters. The van der Waals surface area contributed by atoms with Crippen molar-refractivity contribution in [3.05, 3.63) is 46.7 Å². The van der Waals surface area contributed by atoms with Gasteiger partial charge < -0.3 is 10.1 Å². The van der Waals surface area contributed by atoms with Crippen LogP contribution in [0.15, 0.2) is 41.8 Å². The fourth-order valence-electron chi connectivity index (χ4n) is 1.77. The number of nitrogens with one attached hydrogen (secondary N) is 1. The van der Waals surface area contributed by atoms with E-state index in [1.165, 1.54) is 4.88 Å². The molecular weight excluding hydrogens is 242 g/mol. The molecule has 1 unspecified atom stereocenters. The Bertz CT molecular complexity index is 467. The Hall–Kier alpha value is -1.48. The van der Waals surface area contributed by atoms with E-state index in [4.69, 9.17) is 4.74 Å². The van der Waals surface area contributed by atoms with E-state index in [1.54, 1.807) is 11.3 Å². The number of rotatable bonds is 6. The lowest BCUT2D eigenvalue weighted by Gasteiger charge is -2.17. The number of ether oxygens (including phenoxy) is 1. The number of hydrogen-bond acceptors (Lipinski definition) is 3. The molecular formula is C15H19NOS. The number of thiophene rings is 1. The topological polar surface area (TPSA) is 21.3 Å². The lowest BCUT2D eigenvalue weighted by molar-refractivity contribution is 0.318. The predicted molar refractivity (Wildman–Crippen MR) is 78.6 cm³/mol. The third kappa shape index (κ3) is 3.26. The highest BCUT2D eigenvalue weighted by Gasteiger charge is 2.09. The lowest BCUT2D eigenvalue weighted by atomic mass is 10.2. The zero-order valence-electron chi connectivity index (χ0n) is 10.8. The van der Waals surface area contributed by atoms with Crippen LogP contribution < -0.4 is 10.1 Å². The summed E-state index contributed by atoms with van der Waals surface area (Å²) in [6.45, 7) is 5.04. The highest BCUT2D eigenvalue weighted by Crippen LogP contribution is 2.29. The molecule has 0 radical (unpaired) electrons. The molecule has 0 fully saturated rings. The van der Waals surface area contributed by atoms with Crippen molar-refractivity contribution < 1.29 is 4.74 Å². The van der Waals surface area contributed by atoms with E-state index in [1.807, 2.05) is 18.2 Å². The van der Waals surface area contributed by atoms with Crippen LogP contribution >= 0.6 is 11.3 Å². The van der Waals surface area contributed by atoms with Crippen LogP contribution in [-0.2, 0) is 0 Å². The second-order valence-corrected chi connectivity index (χ2v) is 5.21. The zero-order chi connectivity index (χ0) is 12.8. The van der Waals surface area contributed by atoms with E-state index in [0.717, 1.165) is 24.5 Å². The first kappa shape index (κ1) is 13.0. The van der Waals surface area contributed by atoms with Gasteiger partial charge in [0.15, 0.2) is 0 Å². The normalized spacial score (nSPS) is 12.1. The standard InChI is InChI=1S/C15H19NOS/c1-3-10-17-14-8-5-4-7-13(14)16-12(2)15-9-6-11-18-15/h4-9,11-12,16H,3,10H2,1-2H3. The van der Waals surface area contributed by atoms with Crippen molar-refractivity contribution >= 4 is 17.0 Å². The molecule has 96 valence electrons. The van der Waals surface area contributed by atoms with Crippen LogP contribution in [0.3, 0.4) is 0 Å². The van der Waals surface area contributed by atoms with Crippen LogP contribution in [0.5, 0.6) is 5.75 Å². The molecule has 0 saturated heterocycles. The van der Waals surface area contributed by atoms with Crippen molar-refractivity contribution in [3.63, 3.8) is 0 Å². The monoisotopic (exact) mass is 261 g/mol. The van der Waals surface area contributed by atoms with Gasteiger partial charge in [-0.25, -0.2) is 0 Å². The molecule has 2 nitrogen and oxygen atoms in total. The average molecular weight is 261 g/mol. The summed E-state index contributed by atoms with van der Waals surface area (Å²) in [5.74, 6) is 0.933. The quantitative estimate of drug-likeness (QED) is 0.813. The molecule has 3 heteroatoms. The minimum atomic E-state index is 0.302. The smallest absolute Gasteiger partial charge is 0.142 e. The second kappa shape index (κ2) is 6.45. The first-order valence-corrected chi connectivity index (χ1v) is 7.21. The van der Waals surface area contributed by atoms with Gasteiger partial charge in [-0.05, 0) is 36.9 Å². The second-order valence-electron chi connectivity index (χ2n) is 4.23. The molecule has 0 aliphatic carbocycles. The third-order valence-electron chi connectivity index (χ3n) is 2.69. The van der Waals surface area contributed by atoms with E-state index >= 15 is 0 Å². The first-order valence-electron chi connectivity index (χ1n) is 6.33. The van der Waals surface area contributed by atoms with Gasteiger partial charge in [-0.2, -0.15) is 0 Å². The zero-order valence-corrected chi connectivity index (χ0v) is 11.7. The van der Waals surface area contributed by atoms with Gasteiger partial charge in [0.2, 0.25) is 0 Å². The maximum absolute atomic E-state index is 5.75. The van der Waals surface area contributed by atoms with Crippen LogP contribution in [0, 0.1) is 0 Å². The van der Waals surface area contributed by atoms with Crippen molar-refractivity contribution in [2.24, 2.45) is 0 Å². The van der Waals surface area contributed by atoms with E-state index in [2.05, 4.69) is 42.7 Å². The van der Waals surface area contributed by atoms with E-state index in [0.29, 0.717) is 6.04 Å². The molecule has 0 aliphatic heterocycles. The fourth-order valence-corrected chi connectivity index (χ4v) is 2.50. The Kier molecular flexibility index (Phi) is 4.65. The summed E-state index contributed by atoms with van der Waals surface area (Å²) in [6, 6.07) is 12.6. The minimum absolute atomic E-state index is 0.302. The molecule has 0 saturated carbocycles. The molecule has 1 aromatic heterocycles. The van der Waals surface area contributed by atoms with Gasteiger partial charge in [0.05, 0.1) is 18.3 Å². The molecule has 0 spiro atoms. The number of benzene rings is 1. The van der Waals surface area contributed by atoms with Crippen molar-refractivity contribution in [3.8, 4) is 5.75 Å². The summed E-state index contributed by atoms with van der Waals surface area (Å²) in [6.07, 6.45) is 1.02. The summed E-state index contributed by atoms with van der Waals surface area (Å²) in [7, 11) is 0. The average Bonchev–Trinajstić information content (AvgIpc) is 2.91. The maximum Gasteiger partial charge on any atom is 0.142 e. The van der Waals surface area contributed by atoms with E-state index < -0.39 is 0 Å². The predicted octanol–water partition coefficient (Wildman–Crippen LogP) is 4.71. The summed E-state index contributed by atoms with van der Waals surface area (Å²) in [5, 5.41) is 5.61. The van der Waals surface area contributed by atoms with Gasteiger partial charge in [0, 0.05) is 4.88 Å². The largest absolute Gasteiger partial charge is 0.491 e. The Morgan fingerprint density at radius 3 is 2.78 bits per heavy atom.